The summed E-state index contributed by atoms with van der Waals surface area (Å²) in [7, 11) is 1.72. The van der Waals surface area contributed by atoms with Crippen LogP contribution in [0.2, 0.25) is 0 Å². The van der Waals surface area contributed by atoms with Gasteiger partial charge in [0.1, 0.15) is 11.2 Å². The Hall–Kier alpha value is -3.07. The molecular weight excluding hydrogens is 470 g/mol. The first-order valence-corrected chi connectivity index (χ1v) is 13.0. The van der Waals surface area contributed by atoms with Crippen LogP contribution in [0.1, 0.15) is 53.7 Å². The number of pyridine rings is 1. The number of rotatable bonds is 5. The van der Waals surface area contributed by atoms with E-state index in [4.69, 9.17) is 13.8 Å². The number of aryl methyl sites for hydroxylation is 2. The molecule has 0 spiro atoms. The Morgan fingerprint density at radius 1 is 1.17 bits per heavy atom. The molecule has 1 aromatic carbocycles. The van der Waals surface area contributed by atoms with Gasteiger partial charge < -0.3 is 14.4 Å². The summed E-state index contributed by atoms with van der Waals surface area (Å²) >= 11 is 1.50. The molecule has 5 heterocycles. The van der Waals surface area contributed by atoms with Crippen LogP contribution in [0.25, 0.3) is 31.8 Å². The molecule has 1 N–H and O–H groups in total. The molecule has 0 saturated carbocycles. The number of hydrogen-bond acceptors (Lipinski definition) is 6. The van der Waals surface area contributed by atoms with Gasteiger partial charge in [0.2, 0.25) is 0 Å². The molecule has 186 valence electrons. The Labute approximate surface area is 218 Å². The van der Waals surface area contributed by atoms with Crippen molar-refractivity contribution in [2.45, 2.75) is 45.2 Å². The van der Waals surface area contributed by atoms with Crippen LogP contribution in [-0.2, 0) is 17.4 Å². The summed E-state index contributed by atoms with van der Waals surface area (Å²) in [6.45, 7) is 2.57. The maximum atomic E-state index is 10.8. The molecule has 1 aliphatic heterocycles. The lowest BCUT2D eigenvalue weighted by atomic mass is 9.86. The van der Waals surface area contributed by atoms with Crippen molar-refractivity contribution in [3.05, 3.63) is 65.5 Å². The highest BCUT2D eigenvalue weighted by atomic mass is 32.1. The average molecular weight is 505 g/mol. The number of thiophene rings is 1. The molecule has 5 aromatic rings. The Bertz CT molecular complexity index is 1640. The van der Waals surface area contributed by atoms with Gasteiger partial charge in [0.05, 0.1) is 37.9 Å². The predicted molar refractivity (Wildman–Crippen MR) is 143 cm³/mol. The summed E-state index contributed by atoms with van der Waals surface area (Å²) in [6.07, 6.45) is 3.58. The highest BCUT2D eigenvalue weighted by molar-refractivity contribution is 7.23. The van der Waals surface area contributed by atoms with Gasteiger partial charge in [-0.2, -0.15) is 0 Å². The van der Waals surface area contributed by atoms with Crippen LogP contribution < -0.4 is 0 Å². The second kappa shape index (κ2) is 8.80. The number of fused-ring (bicyclic) bond motifs is 3. The number of aliphatic hydroxyl groups is 1. The number of aromatic nitrogens is 5. The van der Waals surface area contributed by atoms with Crippen LogP contribution >= 0.6 is 11.3 Å². The van der Waals surface area contributed by atoms with E-state index >= 15 is 0 Å². The highest BCUT2D eigenvalue weighted by Crippen LogP contribution is 2.45. The van der Waals surface area contributed by atoms with Crippen molar-refractivity contribution in [3.63, 3.8) is 0 Å². The summed E-state index contributed by atoms with van der Waals surface area (Å²) < 4.78 is 34.6. The standard InChI is InChI=1S/C28H31N5O2S/c1-17-25(32(4)31-30-17)23-15-22-27(36-23)24-21(14-20(16-29-24)28(2,3)34)33(22)26(18-8-6-5-7-9-18)19-10-12-35-13-11-19/h5-9,14-16,19,26,34H,10-13H2,1-4H3/t26-/m1/s1/i1D3. The number of ether oxygens (including phenoxy) is 1. The molecule has 1 fully saturated rings. The highest BCUT2D eigenvalue weighted by Gasteiger charge is 2.32. The van der Waals surface area contributed by atoms with Gasteiger partial charge in [0.25, 0.3) is 0 Å². The molecule has 0 unspecified atom stereocenters. The lowest BCUT2D eigenvalue weighted by Crippen LogP contribution is -2.27. The van der Waals surface area contributed by atoms with E-state index in [1.807, 2.05) is 12.1 Å². The minimum absolute atomic E-state index is 0.00292. The molecule has 0 radical (unpaired) electrons. The topological polar surface area (TPSA) is 78.0 Å². The third-order valence-corrected chi connectivity index (χ3v) is 8.35. The van der Waals surface area contributed by atoms with Gasteiger partial charge in [-0.05, 0) is 57.2 Å². The third kappa shape index (κ3) is 3.84. The molecule has 6 rings (SSSR count). The fourth-order valence-electron chi connectivity index (χ4n) is 5.37. The van der Waals surface area contributed by atoms with Crippen molar-refractivity contribution in [2.24, 2.45) is 13.0 Å². The van der Waals surface area contributed by atoms with E-state index in [1.165, 1.54) is 21.6 Å². The molecule has 36 heavy (non-hydrogen) atoms. The molecule has 0 aliphatic carbocycles. The second-order valence-electron chi connectivity index (χ2n) is 10.1. The van der Waals surface area contributed by atoms with E-state index in [9.17, 15) is 5.11 Å². The fraction of sp³-hybridized carbons (Fsp3) is 0.393. The largest absolute Gasteiger partial charge is 0.386 e. The number of nitrogens with zero attached hydrogens (tertiary/aromatic N) is 5. The van der Waals surface area contributed by atoms with E-state index in [0.717, 1.165) is 44.5 Å². The first-order chi connectivity index (χ1) is 18.5. The Morgan fingerprint density at radius 2 is 1.94 bits per heavy atom. The molecule has 1 aliphatic rings. The van der Waals surface area contributed by atoms with Crippen molar-refractivity contribution in [1.29, 1.82) is 0 Å². The van der Waals surface area contributed by atoms with Gasteiger partial charge in [0, 0.05) is 36.1 Å². The smallest absolute Gasteiger partial charge is 0.106 e. The second-order valence-corrected chi connectivity index (χ2v) is 11.1. The van der Waals surface area contributed by atoms with E-state index in [1.54, 1.807) is 27.1 Å². The van der Waals surface area contributed by atoms with Gasteiger partial charge in [-0.1, -0.05) is 35.5 Å². The normalized spacial score (nSPS) is 17.8. The van der Waals surface area contributed by atoms with Crippen molar-refractivity contribution >= 4 is 32.6 Å². The van der Waals surface area contributed by atoms with E-state index < -0.39 is 12.5 Å². The number of hydrogen-bond donors (Lipinski definition) is 1. The van der Waals surface area contributed by atoms with Crippen LogP contribution in [0.15, 0.2) is 48.7 Å². The molecule has 1 atom stereocenters. The minimum Gasteiger partial charge on any atom is -0.386 e. The lowest BCUT2D eigenvalue weighted by Gasteiger charge is -2.33. The van der Waals surface area contributed by atoms with Gasteiger partial charge in [-0.3, -0.25) is 4.98 Å². The van der Waals surface area contributed by atoms with Crippen LogP contribution in [0, 0.1) is 12.8 Å². The summed E-state index contributed by atoms with van der Waals surface area (Å²) in [6, 6.07) is 14.6. The maximum Gasteiger partial charge on any atom is 0.106 e. The molecule has 7 nitrogen and oxygen atoms in total. The van der Waals surface area contributed by atoms with Gasteiger partial charge in [-0.25, -0.2) is 4.68 Å². The molecule has 0 bridgehead atoms. The fourth-order valence-corrected chi connectivity index (χ4v) is 6.60. The zero-order valence-electron chi connectivity index (χ0n) is 23.6. The molecule has 0 amide bonds. The Balaban J connectivity index is 1.66. The van der Waals surface area contributed by atoms with Crippen molar-refractivity contribution in [3.8, 4) is 10.6 Å². The van der Waals surface area contributed by atoms with Crippen LogP contribution in [0.4, 0.5) is 0 Å². The van der Waals surface area contributed by atoms with E-state index in [-0.39, 0.29) is 11.7 Å². The zero-order chi connectivity index (χ0) is 27.5. The van der Waals surface area contributed by atoms with Crippen LogP contribution in [-0.4, -0.2) is 42.9 Å². The number of benzene rings is 1. The lowest BCUT2D eigenvalue weighted by molar-refractivity contribution is 0.0552. The average Bonchev–Trinajstić information content (AvgIpc) is 3.57. The summed E-state index contributed by atoms with van der Waals surface area (Å²) in [5.74, 6) is 0.324. The zero-order valence-corrected chi connectivity index (χ0v) is 21.4. The van der Waals surface area contributed by atoms with Gasteiger partial charge in [0.15, 0.2) is 0 Å². The molecule has 1 saturated heterocycles. The van der Waals surface area contributed by atoms with Crippen molar-refractivity contribution < 1.29 is 14.0 Å². The van der Waals surface area contributed by atoms with Crippen LogP contribution in [0.3, 0.4) is 0 Å². The van der Waals surface area contributed by atoms with Gasteiger partial charge >= 0.3 is 0 Å². The quantitative estimate of drug-likeness (QED) is 0.337. The summed E-state index contributed by atoms with van der Waals surface area (Å²) in [5.41, 5.74) is 4.11. The predicted octanol–water partition coefficient (Wildman–Crippen LogP) is 5.60. The van der Waals surface area contributed by atoms with Crippen molar-refractivity contribution in [2.75, 3.05) is 13.2 Å². The Morgan fingerprint density at radius 3 is 2.67 bits per heavy atom. The van der Waals surface area contributed by atoms with Crippen molar-refractivity contribution in [1.82, 2.24) is 24.5 Å². The maximum absolute atomic E-state index is 10.8. The monoisotopic (exact) mass is 504 g/mol. The van der Waals surface area contributed by atoms with Gasteiger partial charge in [-0.15, -0.1) is 16.4 Å². The molecular formula is C28H31N5O2S. The van der Waals surface area contributed by atoms with E-state index in [2.05, 4.69) is 45.2 Å². The third-order valence-electron chi connectivity index (χ3n) is 7.21. The first kappa shape index (κ1) is 20.0. The van der Waals surface area contributed by atoms with Crippen LogP contribution in [0.5, 0.6) is 0 Å². The Kier molecular flexibility index (Phi) is 4.90. The first-order valence-electron chi connectivity index (χ1n) is 13.7. The summed E-state index contributed by atoms with van der Waals surface area (Å²) in [4.78, 5) is 5.64. The van der Waals surface area contributed by atoms with E-state index in [0.29, 0.717) is 24.8 Å². The minimum atomic E-state index is -2.38. The SMILES string of the molecule is [2H]C([2H])([2H])c1nnn(C)c1-c1cc2c(s1)c1ncc(C(C)(C)O)cc1n2[C@H](c1ccccc1)C1CCOCC1. The molecule has 8 heteroatoms. The summed E-state index contributed by atoms with van der Waals surface area (Å²) in [5, 5.41) is 18.9. The molecule has 4 aromatic heterocycles.